The lowest BCUT2D eigenvalue weighted by Gasteiger charge is -2.36. The Labute approximate surface area is 644 Å². The average molecular weight is 1580 g/mol. The first-order chi connectivity index (χ1) is 52.4. The van der Waals surface area contributed by atoms with Gasteiger partial charge in [0.2, 0.25) is 0 Å². The molecule has 0 radical (unpaired) electrons. The Morgan fingerprint density at radius 1 is 0.468 bits per heavy atom. The number of esters is 2. The molecule has 1 aliphatic heterocycles. The summed E-state index contributed by atoms with van der Waals surface area (Å²) in [5.74, 6) is -5.16. The van der Waals surface area contributed by atoms with Crippen LogP contribution in [0, 0.1) is 16.2 Å². The van der Waals surface area contributed by atoms with E-state index in [1.54, 1.807) is 159 Å². The minimum absolute atomic E-state index is 0.0238. The summed E-state index contributed by atoms with van der Waals surface area (Å²) in [5.41, 5.74) is 10.0. The topological polar surface area (TPSA) is 259 Å². The van der Waals surface area contributed by atoms with Crippen molar-refractivity contribution < 1.29 is 97.2 Å². The van der Waals surface area contributed by atoms with Crippen LogP contribution in [-0.4, -0.2) is 96.9 Å². The molecule has 0 saturated carbocycles. The molecular weight excluding hydrogens is 1500 g/mol. The number of hydrogen-bond acceptors (Lipinski definition) is 12. The van der Waals surface area contributed by atoms with E-state index in [4.69, 9.17) is 43.1 Å². The number of anilines is 5. The van der Waals surface area contributed by atoms with E-state index < -0.39 is 121 Å². The van der Waals surface area contributed by atoms with Gasteiger partial charge < -0.3 is 46.3 Å². The van der Waals surface area contributed by atoms with Crippen LogP contribution in [0.4, 0.5) is 77.5 Å². The third-order valence-corrected chi connectivity index (χ3v) is 19.8. The quantitative estimate of drug-likeness (QED) is 0.0266. The van der Waals surface area contributed by atoms with Gasteiger partial charge in [-0.05, 0) is 195 Å². The Kier molecular flexibility index (Phi) is 27.8. The van der Waals surface area contributed by atoms with E-state index in [1.807, 2.05) is 18.2 Å². The van der Waals surface area contributed by atoms with Crippen molar-refractivity contribution in [3.05, 3.63) is 219 Å². The number of nitrogens with one attached hydrogen (secondary N) is 4. The molecule has 4 atom stereocenters. The molecule has 28 heteroatoms. The number of urea groups is 2. The second kappa shape index (κ2) is 36.5. The Morgan fingerprint density at radius 2 is 0.793 bits per heavy atom. The molecule has 4 amide bonds. The molecule has 3 aliphatic carbocycles. The van der Waals surface area contributed by atoms with Gasteiger partial charge in [-0.1, -0.05) is 126 Å². The zero-order valence-electron chi connectivity index (χ0n) is 60.5. The Balaban J connectivity index is 0.000000186. The maximum absolute atomic E-state index is 13.5. The molecule has 1 fully saturated rings. The predicted octanol–water partition coefficient (Wildman–Crippen LogP) is 21.0. The van der Waals surface area contributed by atoms with Crippen molar-refractivity contribution >= 4 is 99.0 Å². The molecule has 586 valence electrons. The first-order valence-corrected chi connectivity index (χ1v) is 36.3. The van der Waals surface area contributed by atoms with Crippen molar-refractivity contribution in [2.45, 2.75) is 135 Å². The van der Waals surface area contributed by atoms with E-state index in [9.17, 15) is 83.0 Å². The van der Waals surface area contributed by atoms with Crippen LogP contribution in [0.1, 0.15) is 139 Å². The maximum atomic E-state index is 13.5. The second-order valence-corrected chi connectivity index (χ2v) is 28.5. The number of nitrogens with two attached hydrogens (primary N) is 1. The number of ether oxygens (including phenoxy) is 3. The van der Waals surface area contributed by atoms with Crippen LogP contribution in [0.5, 0.6) is 0 Å². The van der Waals surface area contributed by atoms with Gasteiger partial charge in [-0.15, -0.1) is 0 Å². The van der Waals surface area contributed by atoms with Crippen LogP contribution >= 0.6 is 23.2 Å². The van der Waals surface area contributed by atoms with Crippen LogP contribution in [-0.2, 0) is 47.9 Å². The second-order valence-electron chi connectivity index (χ2n) is 27.6. The fraction of sp³-hybridized carbons (Fsp3) is 0.325. The average Bonchev–Trinajstić information content (AvgIpc) is 0.899. The molecule has 8 aromatic carbocycles. The van der Waals surface area contributed by atoms with Gasteiger partial charge in [-0.2, -0.15) is 39.5 Å². The van der Waals surface area contributed by atoms with Gasteiger partial charge in [0.1, 0.15) is 0 Å². The van der Waals surface area contributed by atoms with E-state index in [0.717, 1.165) is 40.0 Å². The summed E-state index contributed by atoms with van der Waals surface area (Å²) in [4.78, 5) is 99.5. The van der Waals surface area contributed by atoms with Crippen molar-refractivity contribution in [2.24, 2.45) is 16.2 Å². The number of alkyl halides is 9. The minimum atomic E-state index is -4.66. The largest absolute Gasteiger partial charge is 0.481 e. The molecule has 8 aromatic rings. The molecule has 0 spiro atoms. The number of Topliss-reactive ketones (excluding diaryl/α,β-unsaturated/α-hetero) is 3. The van der Waals surface area contributed by atoms with Crippen LogP contribution < -0.4 is 27.0 Å². The smallest absolute Gasteiger partial charge is 0.390 e. The summed E-state index contributed by atoms with van der Waals surface area (Å²) in [6, 6.07) is 48.5. The van der Waals surface area contributed by atoms with E-state index in [0.29, 0.717) is 61.3 Å². The van der Waals surface area contributed by atoms with Gasteiger partial charge in [-0.3, -0.25) is 28.8 Å². The van der Waals surface area contributed by atoms with Gasteiger partial charge >= 0.3 is 48.5 Å². The Hall–Kier alpha value is -10.6. The van der Waals surface area contributed by atoms with E-state index in [1.165, 1.54) is 25.0 Å². The summed E-state index contributed by atoms with van der Waals surface area (Å²) in [6.45, 7) is 6.32. The van der Waals surface area contributed by atoms with Crippen molar-refractivity contribution in [1.29, 1.82) is 0 Å². The third-order valence-electron chi connectivity index (χ3n) is 19.3. The lowest BCUT2D eigenvalue weighted by molar-refractivity contribution is -0.163. The molecule has 4 aliphatic rings. The van der Waals surface area contributed by atoms with E-state index in [-0.39, 0.29) is 68.4 Å². The number of aryl methyl sites for hydroxylation is 3. The Morgan fingerprint density at radius 3 is 1.08 bits per heavy atom. The van der Waals surface area contributed by atoms with Gasteiger partial charge in [0.15, 0.2) is 17.3 Å². The highest BCUT2D eigenvalue weighted by atomic mass is 35.5. The third kappa shape index (κ3) is 23.5. The molecule has 7 N–H and O–H groups in total. The lowest BCUT2D eigenvalue weighted by Crippen LogP contribution is -2.42. The number of ketones is 3. The summed E-state index contributed by atoms with van der Waals surface area (Å²) < 4.78 is 135. The molecule has 12 rings (SSSR count). The molecule has 4 unspecified atom stereocenters. The number of nitrogen functional groups attached to an aromatic ring is 1. The number of amides is 4. The van der Waals surface area contributed by atoms with Crippen LogP contribution in [0.15, 0.2) is 176 Å². The van der Waals surface area contributed by atoms with Crippen molar-refractivity contribution in [3.63, 3.8) is 0 Å². The summed E-state index contributed by atoms with van der Waals surface area (Å²) in [7, 11) is 0. The fourth-order valence-corrected chi connectivity index (χ4v) is 14.5. The number of aliphatic carboxylic acids is 1. The summed E-state index contributed by atoms with van der Waals surface area (Å²) in [6.07, 6.45) is -16.7. The number of halogens is 11. The predicted molar refractivity (Wildman–Crippen MR) is 405 cm³/mol. The van der Waals surface area contributed by atoms with E-state index in [2.05, 4.69) is 28.2 Å². The van der Waals surface area contributed by atoms with Crippen molar-refractivity contribution in [1.82, 2.24) is 0 Å². The van der Waals surface area contributed by atoms with Gasteiger partial charge in [0, 0.05) is 61.8 Å². The molecule has 1 saturated heterocycles. The summed E-state index contributed by atoms with van der Waals surface area (Å²) in [5, 5.41) is 21.0. The highest BCUT2D eigenvalue weighted by Gasteiger charge is 2.54. The Bertz CT molecular complexity index is 4710. The van der Waals surface area contributed by atoms with Crippen LogP contribution in [0.25, 0.3) is 33.4 Å². The highest BCUT2D eigenvalue weighted by Crippen LogP contribution is 2.50. The summed E-state index contributed by atoms with van der Waals surface area (Å²) >= 11 is 11.8. The number of carbonyl (C=O) groups excluding carboxylic acids is 7. The number of benzene rings is 8. The number of fused-ring (bicyclic) bond motifs is 3. The maximum Gasteiger partial charge on any atom is 0.390 e. The normalized spacial score (nSPS) is 18.4. The zero-order chi connectivity index (χ0) is 80.6. The highest BCUT2D eigenvalue weighted by molar-refractivity contribution is 6.31. The van der Waals surface area contributed by atoms with Crippen LogP contribution in [0.2, 0.25) is 10.0 Å². The molecule has 111 heavy (non-hydrogen) atoms. The monoisotopic (exact) mass is 1580 g/mol. The minimum Gasteiger partial charge on any atom is -0.481 e. The molecule has 0 aromatic heterocycles. The first kappa shape index (κ1) is 84.4. The van der Waals surface area contributed by atoms with Gasteiger partial charge in [0.25, 0.3) is 0 Å². The molecule has 0 bridgehead atoms. The van der Waals surface area contributed by atoms with Gasteiger partial charge in [0.05, 0.1) is 74.1 Å². The number of carbonyl (C=O) groups is 8. The first-order valence-electron chi connectivity index (χ1n) is 35.6. The van der Waals surface area contributed by atoms with Gasteiger partial charge in [-0.25, -0.2) is 9.59 Å². The van der Waals surface area contributed by atoms with Crippen molar-refractivity contribution in [2.75, 3.05) is 46.8 Å². The number of rotatable bonds is 18. The number of carboxylic acid groups (broad SMARTS) is 1. The van der Waals surface area contributed by atoms with E-state index >= 15 is 0 Å². The van der Waals surface area contributed by atoms with Crippen molar-refractivity contribution in [3.8, 4) is 33.4 Å². The SMILES string of the molecule is CC1CCCO1.CCOC(=O)CC1(CC(F)(F)F)CCc2cc(-c3ccc(N)cc3)ccc2C1=O.CCOC(=O)CC1(CC(F)(F)F)CCc2cc(-c3ccc(NC(=O)Nc4cccc(Cl)c4)cc3)ccc2C1=O.O=C(O)CC1(CC(F)(F)F)CCc2cc(-c3ccc(NC(=O)Nc4cccc(Cl)c4)cc3)ccc2C1=O. The van der Waals surface area contributed by atoms with Crippen LogP contribution in [0.3, 0.4) is 0 Å². The zero-order valence-corrected chi connectivity index (χ0v) is 62.0. The number of carboxylic acids is 1. The standard InChI is InChI=1S/C29H26ClF3N2O4.C27H22ClF3N2O4.C22H22F3NO3.C5H10O/c1-2-39-25(36)16-28(17-29(31,32)33)13-12-20-14-19(8-11-24(20)26(28)37)18-6-9-22(10-7-18)34-27(38)35-23-5-3-4-21(30)15-23;28-19-2-1-3-21(13-19)33-25(37)32-20-7-4-16(5-8-20)17-6-9-22-18(12-17)10-11-26(24(22)36,14-23(34)35)15-27(29,30)31;1-2-29-19(27)12-21(13-22(23,24)25)10-9-16-11-15(5-8-18(16)20(21)28)14-3-6-17(26)7-4-14;1-5-3-2-4-6-5/h3-11,14-15H,2,12-13,16-17H2,1H3,(H2,34,35,38);1-9,12-13H,10-11,14-15H2,(H,34,35)(H2,32,33,37);3-8,11H,2,9-10,12-13,26H2,1H3;5H,2-4H2,1H3. The lowest BCUT2D eigenvalue weighted by atomic mass is 9.66. The molecule has 17 nitrogen and oxygen atoms in total. The molecule has 1 heterocycles. The fourth-order valence-electron chi connectivity index (χ4n) is 14.2. The number of hydrogen-bond donors (Lipinski definition) is 6. The molecular formula is C83H80Cl2F9N5O12.